The lowest BCUT2D eigenvalue weighted by Gasteiger charge is -2.37. The number of rotatable bonds is 9. The van der Waals surface area contributed by atoms with Crippen molar-refractivity contribution in [1.29, 1.82) is 0 Å². The van der Waals surface area contributed by atoms with Crippen molar-refractivity contribution in [1.82, 2.24) is 10.2 Å². The molecular weight excluding hydrogens is 241 g/mol. The van der Waals surface area contributed by atoms with Crippen LogP contribution in [0.1, 0.15) is 46.5 Å². The Balaban J connectivity index is 4.78. The van der Waals surface area contributed by atoms with E-state index < -0.39 is 12.7 Å². The third kappa shape index (κ3) is 6.59. The number of hydrogen-bond donors (Lipinski definition) is 1. The maximum Gasteiger partial charge on any atom is 0.401 e. The highest BCUT2D eigenvalue weighted by molar-refractivity contribution is 4.83. The first kappa shape index (κ1) is 17.7. The molecule has 0 saturated heterocycles. The van der Waals surface area contributed by atoms with Crippen LogP contribution in [-0.2, 0) is 0 Å². The van der Waals surface area contributed by atoms with Crippen LogP contribution in [0, 0.1) is 0 Å². The van der Waals surface area contributed by atoms with E-state index in [0.717, 1.165) is 25.7 Å². The second-order valence-corrected chi connectivity index (χ2v) is 4.75. The molecule has 0 fully saturated rings. The Kier molecular flexibility index (Phi) is 8.61. The summed E-state index contributed by atoms with van der Waals surface area (Å²) in [7, 11) is 1.83. The summed E-state index contributed by atoms with van der Waals surface area (Å²) in [5, 5.41) is 3.17. The summed E-state index contributed by atoms with van der Waals surface area (Å²) >= 11 is 0. The van der Waals surface area contributed by atoms with E-state index in [1.165, 1.54) is 0 Å². The summed E-state index contributed by atoms with van der Waals surface area (Å²) in [6.07, 6.45) is -0.745. The van der Waals surface area contributed by atoms with E-state index in [1.807, 2.05) is 20.9 Å². The van der Waals surface area contributed by atoms with E-state index in [0.29, 0.717) is 6.54 Å². The van der Waals surface area contributed by atoms with Crippen molar-refractivity contribution in [2.75, 3.05) is 20.1 Å². The van der Waals surface area contributed by atoms with Crippen LogP contribution in [0.5, 0.6) is 0 Å². The molecular formula is C13H27F3N2. The Hall–Kier alpha value is -0.290. The van der Waals surface area contributed by atoms with Crippen LogP contribution in [0.15, 0.2) is 0 Å². The quantitative estimate of drug-likeness (QED) is 0.689. The number of halogens is 3. The summed E-state index contributed by atoms with van der Waals surface area (Å²) in [5.41, 5.74) is 0. The van der Waals surface area contributed by atoms with Crippen molar-refractivity contribution in [3.8, 4) is 0 Å². The van der Waals surface area contributed by atoms with E-state index in [4.69, 9.17) is 0 Å². The van der Waals surface area contributed by atoms with Crippen LogP contribution < -0.4 is 5.32 Å². The molecule has 2 atom stereocenters. The molecule has 0 heterocycles. The zero-order valence-electron chi connectivity index (χ0n) is 12.0. The van der Waals surface area contributed by atoms with Crippen molar-refractivity contribution >= 4 is 0 Å². The molecule has 0 bridgehead atoms. The third-order valence-electron chi connectivity index (χ3n) is 3.22. The van der Waals surface area contributed by atoms with Crippen molar-refractivity contribution in [2.24, 2.45) is 0 Å². The lowest BCUT2D eigenvalue weighted by atomic mass is 9.99. The highest BCUT2D eigenvalue weighted by Gasteiger charge is 2.35. The molecule has 2 unspecified atom stereocenters. The highest BCUT2D eigenvalue weighted by Crippen LogP contribution is 2.21. The molecule has 0 spiro atoms. The molecule has 0 saturated carbocycles. The lowest BCUT2D eigenvalue weighted by Crippen LogP contribution is -2.51. The second-order valence-electron chi connectivity index (χ2n) is 4.75. The zero-order chi connectivity index (χ0) is 14.2. The number of alkyl halides is 3. The Morgan fingerprint density at radius 1 is 1.11 bits per heavy atom. The van der Waals surface area contributed by atoms with Crippen molar-refractivity contribution in [2.45, 2.75) is 64.7 Å². The van der Waals surface area contributed by atoms with E-state index in [-0.39, 0.29) is 12.1 Å². The summed E-state index contributed by atoms with van der Waals surface area (Å²) in [4.78, 5) is 1.58. The van der Waals surface area contributed by atoms with Crippen LogP contribution >= 0.6 is 0 Å². The molecule has 0 aliphatic heterocycles. The van der Waals surface area contributed by atoms with Crippen LogP contribution in [0.2, 0.25) is 0 Å². The average molecular weight is 268 g/mol. The largest absolute Gasteiger partial charge is 0.401 e. The maximum atomic E-state index is 12.6. The summed E-state index contributed by atoms with van der Waals surface area (Å²) in [5.74, 6) is 0. The summed E-state index contributed by atoms with van der Waals surface area (Å²) < 4.78 is 37.9. The fourth-order valence-electron chi connectivity index (χ4n) is 2.52. The van der Waals surface area contributed by atoms with Gasteiger partial charge < -0.3 is 5.32 Å². The topological polar surface area (TPSA) is 15.3 Å². The normalized spacial score (nSPS) is 16.0. The van der Waals surface area contributed by atoms with Crippen LogP contribution in [0.4, 0.5) is 13.2 Å². The van der Waals surface area contributed by atoms with Crippen LogP contribution in [-0.4, -0.2) is 43.3 Å². The second kappa shape index (κ2) is 8.75. The molecule has 1 N–H and O–H groups in total. The number of nitrogens with zero attached hydrogens (tertiary/aromatic N) is 1. The fourth-order valence-corrected chi connectivity index (χ4v) is 2.52. The van der Waals surface area contributed by atoms with Crippen LogP contribution in [0.3, 0.4) is 0 Å². The monoisotopic (exact) mass is 268 g/mol. The molecule has 110 valence electrons. The Morgan fingerprint density at radius 2 is 1.72 bits per heavy atom. The molecule has 18 heavy (non-hydrogen) atoms. The van der Waals surface area contributed by atoms with Gasteiger partial charge in [-0.25, -0.2) is 0 Å². The minimum atomic E-state index is -4.12. The number of hydrogen-bond acceptors (Lipinski definition) is 2. The van der Waals surface area contributed by atoms with Gasteiger partial charge >= 0.3 is 6.18 Å². The number of likely N-dealkylation sites (N-methyl/N-ethyl adjacent to an activating group) is 1. The molecule has 0 aliphatic rings. The SMILES string of the molecule is CCCC(NC)C(CC)N(CCC)CC(F)(F)F. The fraction of sp³-hybridized carbons (Fsp3) is 1.00. The van der Waals surface area contributed by atoms with Gasteiger partial charge in [0.25, 0.3) is 0 Å². The molecule has 0 aliphatic carbocycles. The Bertz CT molecular complexity index is 207. The third-order valence-corrected chi connectivity index (χ3v) is 3.22. The van der Waals surface area contributed by atoms with Gasteiger partial charge in [0.2, 0.25) is 0 Å². The highest BCUT2D eigenvalue weighted by atomic mass is 19.4. The van der Waals surface area contributed by atoms with Crippen molar-refractivity contribution in [3.05, 3.63) is 0 Å². The number of nitrogens with one attached hydrogen (secondary N) is 1. The van der Waals surface area contributed by atoms with E-state index in [2.05, 4.69) is 12.2 Å². The molecule has 2 nitrogen and oxygen atoms in total. The van der Waals surface area contributed by atoms with Crippen molar-refractivity contribution in [3.63, 3.8) is 0 Å². The van der Waals surface area contributed by atoms with Gasteiger partial charge in [-0.05, 0) is 32.9 Å². The van der Waals surface area contributed by atoms with E-state index >= 15 is 0 Å². The first-order valence-corrected chi connectivity index (χ1v) is 6.87. The predicted molar refractivity (Wildman–Crippen MR) is 69.8 cm³/mol. The minimum Gasteiger partial charge on any atom is -0.315 e. The first-order chi connectivity index (χ1) is 8.39. The standard InChI is InChI=1S/C13H27F3N2/c1-5-8-11(17-4)12(7-3)18(9-6-2)10-13(14,15)16/h11-12,17H,5-10H2,1-4H3. The molecule has 0 radical (unpaired) electrons. The van der Waals surface area contributed by atoms with Gasteiger partial charge in [0.05, 0.1) is 6.54 Å². The zero-order valence-corrected chi connectivity index (χ0v) is 12.0. The molecule has 0 aromatic rings. The molecule has 0 aromatic carbocycles. The Labute approximate surface area is 109 Å². The van der Waals surface area contributed by atoms with Gasteiger partial charge in [0.15, 0.2) is 0 Å². The van der Waals surface area contributed by atoms with E-state index in [1.54, 1.807) is 4.90 Å². The molecule has 5 heteroatoms. The average Bonchev–Trinajstić information content (AvgIpc) is 2.27. The van der Waals surface area contributed by atoms with E-state index in [9.17, 15) is 13.2 Å². The molecule has 0 aromatic heterocycles. The van der Waals surface area contributed by atoms with Gasteiger partial charge in [-0.2, -0.15) is 13.2 Å². The van der Waals surface area contributed by atoms with Crippen LogP contribution in [0.25, 0.3) is 0 Å². The predicted octanol–water partition coefficient (Wildman–Crippen LogP) is 3.43. The summed E-state index contributed by atoms with van der Waals surface area (Å²) in [6, 6.07) is 0.0884. The lowest BCUT2D eigenvalue weighted by molar-refractivity contribution is -0.152. The molecule has 0 rings (SSSR count). The van der Waals surface area contributed by atoms with Gasteiger partial charge in [0, 0.05) is 12.1 Å². The van der Waals surface area contributed by atoms with Gasteiger partial charge in [-0.3, -0.25) is 4.90 Å². The first-order valence-electron chi connectivity index (χ1n) is 6.87. The maximum absolute atomic E-state index is 12.6. The Morgan fingerprint density at radius 3 is 2.06 bits per heavy atom. The van der Waals surface area contributed by atoms with Gasteiger partial charge in [0.1, 0.15) is 0 Å². The smallest absolute Gasteiger partial charge is 0.315 e. The van der Waals surface area contributed by atoms with Gasteiger partial charge in [-0.15, -0.1) is 0 Å². The molecule has 0 amide bonds. The van der Waals surface area contributed by atoms with Crippen molar-refractivity contribution < 1.29 is 13.2 Å². The minimum absolute atomic E-state index is 0.0449. The van der Waals surface area contributed by atoms with Gasteiger partial charge in [-0.1, -0.05) is 27.2 Å². The summed E-state index contributed by atoms with van der Waals surface area (Å²) in [6.45, 7) is 5.64.